The Labute approximate surface area is 142 Å². The van der Waals surface area contributed by atoms with Crippen molar-refractivity contribution in [2.24, 2.45) is 5.92 Å². The van der Waals surface area contributed by atoms with Crippen molar-refractivity contribution in [3.63, 3.8) is 0 Å². The van der Waals surface area contributed by atoms with Gasteiger partial charge in [0.05, 0.1) is 0 Å². The summed E-state index contributed by atoms with van der Waals surface area (Å²) in [4.78, 5) is 2.59. The van der Waals surface area contributed by atoms with E-state index in [0.717, 1.165) is 19.0 Å². The fourth-order valence-electron chi connectivity index (χ4n) is 3.00. The van der Waals surface area contributed by atoms with Crippen LogP contribution >= 0.6 is 0 Å². The summed E-state index contributed by atoms with van der Waals surface area (Å²) in [5.41, 5.74) is 2.81. The van der Waals surface area contributed by atoms with Crippen LogP contribution in [0.5, 0.6) is 0 Å². The molecule has 0 unspecified atom stereocenters. The van der Waals surface area contributed by atoms with Gasteiger partial charge in [0.25, 0.3) is 0 Å². The molecule has 0 saturated heterocycles. The zero-order valence-corrected chi connectivity index (χ0v) is 14.7. The Morgan fingerprint density at radius 3 is 1.78 bits per heavy atom. The van der Waals surface area contributed by atoms with Gasteiger partial charge in [0.15, 0.2) is 0 Å². The van der Waals surface area contributed by atoms with E-state index >= 15 is 0 Å². The van der Waals surface area contributed by atoms with Crippen molar-refractivity contribution in [3.05, 3.63) is 71.8 Å². The highest BCUT2D eigenvalue weighted by Crippen LogP contribution is 2.16. The highest BCUT2D eigenvalue weighted by molar-refractivity contribution is 5.17. The van der Waals surface area contributed by atoms with Crippen LogP contribution < -0.4 is 0 Å². The molecular formula is C22H31N. The molecule has 0 fully saturated rings. The molecule has 23 heavy (non-hydrogen) atoms. The minimum atomic E-state index is 0.823. The quantitative estimate of drug-likeness (QED) is 0.527. The third-order valence-electron chi connectivity index (χ3n) is 4.49. The molecule has 0 bridgehead atoms. The highest BCUT2D eigenvalue weighted by atomic mass is 15.1. The predicted molar refractivity (Wildman–Crippen MR) is 100 cm³/mol. The maximum absolute atomic E-state index is 2.59. The first-order chi connectivity index (χ1) is 11.3. The van der Waals surface area contributed by atoms with E-state index in [9.17, 15) is 0 Å². The Balaban J connectivity index is 1.93. The van der Waals surface area contributed by atoms with Crippen LogP contribution in [0.1, 0.15) is 50.7 Å². The molecule has 0 saturated carbocycles. The highest BCUT2D eigenvalue weighted by Gasteiger charge is 2.10. The minimum Gasteiger partial charge on any atom is -0.295 e. The Bertz CT molecular complexity index is 479. The Morgan fingerprint density at radius 2 is 1.30 bits per heavy atom. The van der Waals surface area contributed by atoms with Crippen molar-refractivity contribution < 1.29 is 0 Å². The summed E-state index contributed by atoms with van der Waals surface area (Å²) < 4.78 is 0. The standard InChI is InChI=1S/C22H31N/c1-3-4-11-20(2)16-17-23(18-21-12-7-5-8-13-21)19-22-14-9-6-10-15-22/h5-10,12-15,20H,3-4,11,16-19H2,1-2H3/t20-/m0/s1. The number of hydrogen-bond donors (Lipinski definition) is 0. The van der Waals surface area contributed by atoms with E-state index in [1.807, 2.05) is 0 Å². The normalized spacial score (nSPS) is 12.5. The molecular weight excluding hydrogens is 278 g/mol. The third kappa shape index (κ3) is 7.00. The van der Waals surface area contributed by atoms with Crippen molar-refractivity contribution in [1.82, 2.24) is 4.90 Å². The second kappa shape index (κ2) is 10.2. The van der Waals surface area contributed by atoms with Crippen molar-refractivity contribution in [1.29, 1.82) is 0 Å². The van der Waals surface area contributed by atoms with E-state index < -0.39 is 0 Å². The molecule has 0 aliphatic rings. The van der Waals surface area contributed by atoms with E-state index in [1.54, 1.807) is 0 Å². The van der Waals surface area contributed by atoms with Crippen molar-refractivity contribution in [3.8, 4) is 0 Å². The van der Waals surface area contributed by atoms with Gasteiger partial charge in [-0.25, -0.2) is 0 Å². The van der Waals surface area contributed by atoms with Gasteiger partial charge in [0.2, 0.25) is 0 Å². The monoisotopic (exact) mass is 309 g/mol. The summed E-state index contributed by atoms with van der Waals surface area (Å²) >= 11 is 0. The molecule has 0 aliphatic heterocycles. The molecule has 2 rings (SSSR count). The minimum absolute atomic E-state index is 0.823. The van der Waals surface area contributed by atoms with Gasteiger partial charge in [-0.1, -0.05) is 93.8 Å². The third-order valence-corrected chi connectivity index (χ3v) is 4.49. The lowest BCUT2D eigenvalue weighted by Gasteiger charge is -2.24. The molecule has 1 nitrogen and oxygen atoms in total. The average molecular weight is 309 g/mol. The summed E-state index contributed by atoms with van der Waals surface area (Å²) in [5.74, 6) is 0.823. The van der Waals surface area contributed by atoms with Crippen LogP contribution in [0, 0.1) is 5.92 Å². The largest absolute Gasteiger partial charge is 0.295 e. The molecule has 1 atom stereocenters. The SMILES string of the molecule is CCCC[C@H](C)CCN(Cc1ccccc1)Cc1ccccc1. The number of hydrogen-bond acceptors (Lipinski definition) is 1. The smallest absolute Gasteiger partial charge is 0.0237 e. The van der Waals surface area contributed by atoms with E-state index in [1.165, 1.54) is 43.4 Å². The van der Waals surface area contributed by atoms with E-state index in [-0.39, 0.29) is 0 Å². The van der Waals surface area contributed by atoms with Gasteiger partial charge in [-0.3, -0.25) is 4.90 Å². The molecule has 1 heteroatoms. The van der Waals surface area contributed by atoms with Crippen molar-refractivity contribution >= 4 is 0 Å². The van der Waals surface area contributed by atoms with Crippen LogP contribution in [0.15, 0.2) is 60.7 Å². The molecule has 0 heterocycles. The lowest BCUT2D eigenvalue weighted by molar-refractivity contribution is 0.235. The fourth-order valence-corrected chi connectivity index (χ4v) is 3.00. The molecule has 0 amide bonds. The second-order valence-electron chi connectivity index (χ2n) is 6.72. The van der Waals surface area contributed by atoms with Crippen LogP contribution in [0.4, 0.5) is 0 Å². The zero-order chi connectivity index (χ0) is 16.3. The van der Waals surface area contributed by atoms with Gasteiger partial charge in [-0.15, -0.1) is 0 Å². The Hall–Kier alpha value is -1.60. The average Bonchev–Trinajstić information content (AvgIpc) is 2.59. The molecule has 2 aromatic carbocycles. The van der Waals surface area contributed by atoms with Gasteiger partial charge >= 0.3 is 0 Å². The number of benzene rings is 2. The topological polar surface area (TPSA) is 3.24 Å². The van der Waals surface area contributed by atoms with Crippen LogP contribution in [-0.2, 0) is 13.1 Å². The van der Waals surface area contributed by atoms with Crippen LogP contribution in [0.25, 0.3) is 0 Å². The molecule has 0 N–H and O–H groups in total. The van der Waals surface area contributed by atoms with Gasteiger partial charge < -0.3 is 0 Å². The predicted octanol–water partition coefficient (Wildman–Crippen LogP) is 5.91. The maximum Gasteiger partial charge on any atom is 0.0237 e. The molecule has 124 valence electrons. The first-order valence-corrected chi connectivity index (χ1v) is 9.08. The van der Waals surface area contributed by atoms with Crippen molar-refractivity contribution in [2.45, 2.75) is 52.6 Å². The van der Waals surface area contributed by atoms with E-state index in [0.29, 0.717) is 0 Å². The number of nitrogens with zero attached hydrogens (tertiary/aromatic N) is 1. The first kappa shape index (κ1) is 17.7. The van der Waals surface area contributed by atoms with Gasteiger partial charge in [-0.05, 0) is 30.0 Å². The number of unbranched alkanes of at least 4 members (excludes halogenated alkanes) is 1. The van der Waals surface area contributed by atoms with E-state index in [2.05, 4.69) is 79.4 Å². The molecule has 0 aromatic heterocycles. The van der Waals surface area contributed by atoms with Gasteiger partial charge in [0, 0.05) is 13.1 Å². The summed E-state index contributed by atoms with van der Waals surface area (Å²) in [5, 5.41) is 0. The summed E-state index contributed by atoms with van der Waals surface area (Å²) in [6, 6.07) is 21.7. The number of rotatable bonds is 10. The van der Waals surface area contributed by atoms with Crippen LogP contribution in [0.3, 0.4) is 0 Å². The molecule has 0 spiro atoms. The molecule has 0 aliphatic carbocycles. The van der Waals surface area contributed by atoms with Gasteiger partial charge in [0.1, 0.15) is 0 Å². The summed E-state index contributed by atoms with van der Waals surface area (Å²) in [6.07, 6.45) is 5.32. The second-order valence-corrected chi connectivity index (χ2v) is 6.72. The van der Waals surface area contributed by atoms with Crippen molar-refractivity contribution in [2.75, 3.05) is 6.54 Å². The molecule has 0 radical (unpaired) electrons. The lowest BCUT2D eigenvalue weighted by Crippen LogP contribution is -2.25. The lowest BCUT2D eigenvalue weighted by atomic mass is 10.0. The van der Waals surface area contributed by atoms with Gasteiger partial charge in [-0.2, -0.15) is 0 Å². The summed E-state index contributed by atoms with van der Waals surface area (Å²) in [6.45, 7) is 7.93. The van der Waals surface area contributed by atoms with Crippen LogP contribution in [-0.4, -0.2) is 11.4 Å². The maximum atomic E-state index is 2.59. The Morgan fingerprint density at radius 1 is 0.783 bits per heavy atom. The first-order valence-electron chi connectivity index (χ1n) is 9.08. The summed E-state index contributed by atoms with van der Waals surface area (Å²) in [7, 11) is 0. The van der Waals surface area contributed by atoms with E-state index in [4.69, 9.17) is 0 Å². The molecule has 2 aromatic rings. The van der Waals surface area contributed by atoms with Crippen LogP contribution in [0.2, 0.25) is 0 Å². The Kier molecular flexibility index (Phi) is 7.89. The zero-order valence-electron chi connectivity index (χ0n) is 14.7. The fraction of sp³-hybridized carbons (Fsp3) is 0.455.